The van der Waals surface area contributed by atoms with Crippen molar-refractivity contribution in [1.82, 2.24) is 25.0 Å². The molecule has 0 aromatic carbocycles. The first kappa shape index (κ1) is 26.6. The highest BCUT2D eigenvalue weighted by Gasteiger charge is 2.46. The first-order valence-electron chi connectivity index (χ1n) is 14.1. The number of halogens is 3. The van der Waals surface area contributed by atoms with Crippen molar-refractivity contribution in [1.29, 1.82) is 0 Å². The van der Waals surface area contributed by atoms with Gasteiger partial charge in [0.05, 0.1) is 25.0 Å². The molecule has 212 valence electrons. The predicted octanol–water partition coefficient (Wildman–Crippen LogP) is 3.52. The van der Waals surface area contributed by atoms with Gasteiger partial charge in [0.15, 0.2) is 5.69 Å². The topological polar surface area (TPSA) is 61.7 Å². The molecule has 8 nitrogen and oxygen atoms in total. The zero-order chi connectivity index (χ0) is 27.1. The molecule has 4 aliphatic rings. The van der Waals surface area contributed by atoms with Gasteiger partial charge in [-0.2, -0.15) is 18.3 Å². The average molecular weight is 546 g/mol. The standard InChI is InChI=1S/C28H38F3N7O/c1-19-17-33-38(14-15-39-2)26(19)20-6-10-36(11-7-20)25-16-23-21(27(34-25)28(29,30)31)4-3-5-22-24(18-37(22)23)35-12-8-32-9-13-35/h3-4,16-17,20,22,24,32H,5-15,18H2,1-2H3/t22-,24+/m0/s1. The van der Waals surface area contributed by atoms with Crippen LogP contribution in [0.25, 0.3) is 6.08 Å². The molecule has 39 heavy (non-hydrogen) atoms. The molecule has 3 saturated heterocycles. The van der Waals surface area contributed by atoms with E-state index in [-0.39, 0.29) is 11.6 Å². The van der Waals surface area contributed by atoms with Gasteiger partial charge in [-0.3, -0.25) is 9.58 Å². The van der Waals surface area contributed by atoms with Gasteiger partial charge < -0.3 is 19.9 Å². The number of piperidine rings is 1. The second kappa shape index (κ2) is 10.7. The first-order chi connectivity index (χ1) is 18.8. The van der Waals surface area contributed by atoms with E-state index in [1.54, 1.807) is 13.2 Å². The Morgan fingerprint density at radius 2 is 1.87 bits per heavy atom. The van der Waals surface area contributed by atoms with E-state index in [2.05, 4.69) is 32.1 Å². The summed E-state index contributed by atoms with van der Waals surface area (Å²) in [4.78, 5) is 11.0. The lowest BCUT2D eigenvalue weighted by molar-refractivity contribution is -0.141. The smallest absolute Gasteiger partial charge is 0.383 e. The normalized spacial score (nSPS) is 24.3. The fourth-order valence-corrected chi connectivity index (χ4v) is 6.85. The molecule has 6 heterocycles. The van der Waals surface area contributed by atoms with Gasteiger partial charge in [0, 0.05) is 88.2 Å². The number of aromatic nitrogens is 3. The molecular formula is C28H38F3N7O. The van der Waals surface area contributed by atoms with Crippen LogP contribution >= 0.6 is 0 Å². The first-order valence-corrected chi connectivity index (χ1v) is 14.1. The number of aryl methyl sites for hydroxylation is 1. The van der Waals surface area contributed by atoms with Gasteiger partial charge in [-0.25, -0.2) is 4.98 Å². The van der Waals surface area contributed by atoms with E-state index in [0.717, 1.165) is 57.5 Å². The van der Waals surface area contributed by atoms with Gasteiger partial charge in [-0.1, -0.05) is 12.2 Å². The summed E-state index contributed by atoms with van der Waals surface area (Å²) < 4.78 is 50.3. The largest absolute Gasteiger partial charge is 0.434 e. The van der Waals surface area contributed by atoms with Crippen LogP contribution in [-0.2, 0) is 17.5 Å². The van der Waals surface area contributed by atoms with Crippen LogP contribution in [0.4, 0.5) is 24.7 Å². The Kier molecular flexibility index (Phi) is 7.32. The summed E-state index contributed by atoms with van der Waals surface area (Å²) in [5, 5.41) is 7.92. The fourth-order valence-electron chi connectivity index (χ4n) is 6.85. The summed E-state index contributed by atoms with van der Waals surface area (Å²) >= 11 is 0. The molecule has 0 bridgehead atoms. The molecule has 0 aliphatic carbocycles. The van der Waals surface area contributed by atoms with Crippen LogP contribution in [0.3, 0.4) is 0 Å². The third kappa shape index (κ3) is 5.04. The number of alkyl halides is 3. The molecule has 0 unspecified atom stereocenters. The Morgan fingerprint density at radius 3 is 2.59 bits per heavy atom. The van der Waals surface area contributed by atoms with Gasteiger partial charge in [-0.15, -0.1) is 0 Å². The Hall–Kier alpha value is -2.63. The minimum atomic E-state index is -4.52. The summed E-state index contributed by atoms with van der Waals surface area (Å²) in [7, 11) is 1.68. The van der Waals surface area contributed by atoms with Crippen molar-refractivity contribution in [2.24, 2.45) is 0 Å². The van der Waals surface area contributed by atoms with E-state index < -0.39 is 11.9 Å². The molecule has 0 spiro atoms. The number of nitrogens with zero attached hydrogens (tertiary/aromatic N) is 6. The van der Waals surface area contributed by atoms with Crippen LogP contribution < -0.4 is 15.1 Å². The molecule has 1 N–H and O–H groups in total. The van der Waals surface area contributed by atoms with Crippen molar-refractivity contribution in [3.63, 3.8) is 0 Å². The third-order valence-electron chi connectivity index (χ3n) is 8.90. The third-order valence-corrected chi connectivity index (χ3v) is 8.90. The number of hydrogen-bond donors (Lipinski definition) is 1. The Balaban J connectivity index is 1.25. The Morgan fingerprint density at radius 1 is 1.10 bits per heavy atom. The highest BCUT2D eigenvalue weighted by molar-refractivity contribution is 5.76. The molecule has 2 aromatic rings. The second-order valence-electron chi connectivity index (χ2n) is 11.2. The predicted molar refractivity (Wildman–Crippen MR) is 145 cm³/mol. The van der Waals surface area contributed by atoms with Crippen molar-refractivity contribution in [3.8, 4) is 0 Å². The monoisotopic (exact) mass is 545 g/mol. The minimum absolute atomic E-state index is 0.193. The zero-order valence-corrected chi connectivity index (χ0v) is 22.8. The second-order valence-corrected chi connectivity index (χ2v) is 11.2. The van der Waals surface area contributed by atoms with Crippen LogP contribution in [0.5, 0.6) is 0 Å². The van der Waals surface area contributed by atoms with Gasteiger partial charge in [0.2, 0.25) is 0 Å². The number of fused-ring (bicyclic) bond motifs is 3. The average Bonchev–Trinajstić information content (AvgIpc) is 3.22. The number of hydrogen-bond acceptors (Lipinski definition) is 7. The number of methoxy groups -OCH3 is 1. The maximum absolute atomic E-state index is 14.3. The molecule has 3 fully saturated rings. The molecule has 6 rings (SSSR count). The highest BCUT2D eigenvalue weighted by Crippen LogP contribution is 2.44. The van der Waals surface area contributed by atoms with E-state index in [4.69, 9.17) is 4.74 Å². The number of rotatable bonds is 6. The fraction of sp³-hybridized carbons (Fsp3) is 0.643. The van der Waals surface area contributed by atoms with E-state index in [1.165, 1.54) is 5.69 Å². The summed E-state index contributed by atoms with van der Waals surface area (Å²) in [5.74, 6) is 0.745. The lowest BCUT2D eigenvalue weighted by Crippen LogP contribution is -2.69. The van der Waals surface area contributed by atoms with Crippen molar-refractivity contribution < 1.29 is 17.9 Å². The lowest BCUT2D eigenvalue weighted by Gasteiger charge is -2.54. The number of nitrogens with one attached hydrogen (secondary N) is 1. The summed E-state index contributed by atoms with van der Waals surface area (Å²) in [6, 6.07) is 2.48. The summed E-state index contributed by atoms with van der Waals surface area (Å²) in [5.41, 5.74) is 2.48. The van der Waals surface area contributed by atoms with Crippen LogP contribution in [0, 0.1) is 6.92 Å². The molecule has 2 aromatic heterocycles. The molecular weight excluding hydrogens is 507 g/mol. The summed E-state index contributed by atoms with van der Waals surface area (Å²) in [6.45, 7) is 9.33. The van der Waals surface area contributed by atoms with Crippen LogP contribution in [0.1, 0.15) is 47.7 Å². The van der Waals surface area contributed by atoms with Crippen molar-refractivity contribution >= 4 is 17.6 Å². The van der Waals surface area contributed by atoms with Crippen LogP contribution in [0.15, 0.2) is 18.3 Å². The van der Waals surface area contributed by atoms with Crippen molar-refractivity contribution in [2.75, 3.05) is 69.3 Å². The lowest BCUT2D eigenvalue weighted by atomic mass is 9.90. The van der Waals surface area contributed by atoms with Gasteiger partial charge in [0.25, 0.3) is 0 Å². The van der Waals surface area contributed by atoms with Gasteiger partial charge in [-0.05, 0) is 31.7 Å². The highest BCUT2D eigenvalue weighted by atomic mass is 19.4. The molecule has 0 amide bonds. The van der Waals surface area contributed by atoms with E-state index >= 15 is 0 Å². The molecule has 0 radical (unpaired) electrons. The summed E-state index contributed by atoms with van der Waals surface area (Å²) in [6.07, 6.45) is 3.38. The number of ether oxygens (including phenoxy) is 1. The van der Waals surface area contributed by atoms with Gasteiger partial charge >= 0.3 is 6.18 Å². The number of pyridine rings is 1. The van der Waals surface area contributed by atoms with E-state index in [0.29, 0.717) is 49.7 Å². The molecule has 4 aliphatic heterocycles. The quantitative estimate of drug-likeness (QED) is 0.596. The van der Waals surface area contributed by atoms with Crippen LogP contribution in [0.2, 0.25) is 0 Å². The Bertz CT molecular complexity index is 1200. The van der Waals surface area contributed by atoms with Crippen molar-refractivity contribution in [2.45, 2.75) is 56.9 Å². The SMILES string of the molecule is COCCn1ncc(C)c1C1CCN(c2cc3c(c(C(F)(F)F)n2)C=CC[C@H]2[C@H](N4CCNCC4)CN32)CC1. The minimum Gasteiger partial charge on any atom is -0.383 e. The molecule has 2 atom stereocenters. The number of piperazine rings is 1. The Labute approximate surface area is 227 Å². The zero-order valence-electron chi connectivity index (χ0n) is 22.8. The maximum Gasteiger partial charge on any atom is 0.434 e. The van der Waals surface area contributed by atoms with Gasteiger partial charge in [0.1, 0.15) is 5.82 Å². The van der Waals surface area contributed by atoms with E-state index in [9.17, 15) is 13.2 Å². The molecule has 0 saturated carbocycles. The van der Waals surface area contributed by atoms with E-state index in [1.807, 2.05) is 27.9 Å². The van der Waals surface area contributed by atoms with Crippen LogP contribution in [-0.4, -0.2) is 91.3 Å². The number of anilines is 2. The maximum atomic E-state index is 14.3. The van der Waals surface area contributed by atoms with Crippen molar-refractivity contribution in [3.05, 3.63) is 40.9 Å². The molecule has 11 heteroatoms.